The lowest BCUT2D eigenvalue weighted by Gasteiger charge is -2.07. The molecule has 0 amide bonds. The summed E-state index contributed by atoms with van der Waals surface area (Å²) in [5.41, 5.74) is 7.04. The van der Waals surface area contributed by atoms with Gasteiger partial charge in [0.2, 0.25) is 0 Å². The van der Waals surface area contributed by atoms with Gasteiger partial charge in [-0.15, -0.1) is 0 Å². The number of pyridine rings is 1. The van der Waals surface area contributed by atoms with Gasteiger partial charge < -0.3 is 15.4 Å². The van der Waals surface area contributed by atoms with Crippen LogP contribution in [0.5, 0.6) is 0 Å². The van der Waals surface area contributed by atoms with Crippen molar-refractivity contribution in [3.8, 4) is 0 Å². The molecule has 0 aliphatic rings. The second kappa shape index (κ2) is 4.08. The maximum Gasteiger partial charge on any atom is 0.337 e. The molecule has 0 aliphatic carbocycles. The molecule has 5 heteroatoms. The number of anilines is 1. The largest absolute Gasteiger partial charge is 0.478 e. The van der Waals surface area contributed by atoms with Crippen molar-refractivity contribution in [1.82, 2.24) is 9.55 Å². The van der Waals surface area contributed by atoms with Crippen molar-refractivity contribution in [2.45, 2.75) is 20.4 Å². The molecule has 2 aromatic rings. The zero-order chi connectivity index (χ0) is 12.6. The van der Waals surface area contributed by atoms with E-state index in [1.165, 1.54) is 0 Å². The normalized spacial score (nSPS) is 11.2. The van der Waals surface area contributed by atoms with E-state index in [0.717, 1.165) is 6.54 Å². The zero-order valence-electron chi connectivity index (χ0n) is 9.84. The Kier molecular flexibility index (Phi) is 2.75. The van der Waals surface area contributed by atoms with Crippen LogP contribution in [-0.2, 0) is 6.54 Å². The maximum atomic E-state index is 11.1. The predicted molar refractivity (Wildman–Crippen MR) is 65.9 cm³/mol. The molecule has 17 heavy (non-hydrogen) atoms. The molecule has 0 fully saturated rings. The molecule has 2 aromatic heterocycles. The van der Waals surface area contributed by atoms with Gasteiger partial charge >= 0.3 is 5.97 Å². The first kappa shape index (κ1) is 11.4. The van der Waals surface area contributed by atoms with Crippen molar-refractivity contribution in [2.75, 3.05) is 5.73 Å². The Hall–Kier alpha value is -2.04. The lowest BCUT2D eigenvalue weighted by molar-refractivity contribution is 0.0698. The number of carboxylic acid groups (broad SMARTS) is 1. The topological polar surface area (TPSA) is 81.1 Å². The predicted octanol–water partition coefficient (Wildman–Crippen LogP) is 1.97. The van der Waals surface area contributed by atoms with Gasteiger partial charge in [0.25, 0.3) is 0 Å². The third kappa shape index (κ3) is 2.08. The van der Waals surface area contributed by atoms with Crippen LogP contribution in [0.1, 0.15) is 24.2 Å². The van der Waals surface area contributed by atoms with E-state index < -0.39 is 5.97 Å². The van der Waals surface area contributed by atoms with Gasteiger partial charge in [-0.05, 0) is 12.0 Å². The van der Waals surface area contributed by atoms with Gasteiger partial charge in [-0.3, -0.25) is 0 Å². The number of hydrogen-bond donors (Lipinski definition) is 2. The van der Waals surface area contributed by atoms with E-state index in [1.807, 2.05) is 4.57 Å². The number of hydrogen-bond acceptors (Lipinski definition) is 3. The van der Waals surface area contributed by atoms with Gasteiger partial charge in [0.15, 0.2) is 0 Å². The minimum Gasteiger partial charge on any atom is -0.478 e. The number of nitrogens with zero attached hydrogens (tertiary/aromatic N) is 2. The number of nitrogens with two attached hydrogens (primary N) is 1. The molecule has 0 radical (unpaired) electrons. The van der Waals surface area contributed by atoms with Crippen LogP contribution in [-0.4, -0.2) is 20.6 Å². The fraction of sp³-hybridized carbons (Fsp3) is 0.333. The Bertz CT molecular complexity index is 572. The summed E-state index contributed by atoms with van der Waals surface area (Å²) < 4.78 is 1.86. The van der Waals surface area contributed by atoms with E-state index in [9.17, 15) is 4.79 Å². The summed E-state index contributed by atoms with van der Waals surface area (Å²) in [4.78, 5) is 15.4. The Morgan fingerprint density at radius 3 is 2.88 bits per heavy atom. The number of nitrogen functional groups attached to an aromatic ring is 1. The molecule has 2 rings (SSSR count). The third-order valence-electron chi connectivity index (χ3n) is 2.53. The lowest BCUT2D eigenvalue weighted by atomic mass is 10.2. The van der Waals surface area contributed by atoms with E-state index in [-0.39, 0.29) is 5.56 Å². The van der Waals surface area contributed by atoms with Crippen molar-refractivity contribution < 1.29 is 9.90 Å². The van der Waals surface area contributed by atoms with Crippen LogP contribution in [0, 0.1) is 5.92 Å². The molecule has 0 saturated heterocycles. The van der Waals surface area contributed by atoms with Crippen LogP contribution in [0.3, 0.4) is 0 Å². The highest BCUT2D eigenvalue weighted by atomic mass is 16.4. The Balaban J connectivity index is 2.66. The number of carbonyl (C=O) groups is 1. The van der Waals surface area contributed by atoms with Crippen LogP contribution < -0.4 is 5.73 Å². The highest BCUT2D eigenvalue weighted by Crippen LogP contribution is 2.22. The Labute approximate surface area is 98.9 Å². The highest BCUT2D eigenvalue weighted by Gasteiger charge is 2.15. The summed E-state index contributed by atoms with van der Waals surface area (Å²) in [5.74, 6) is -0.531. The summed E-state index contributed by atoms with van der Waals surface area (Å²) in [5, 5.41) is 9.73. The van der Waals surface area contributed by atoms with Crippen molar-refractivity contribution in [3.63, 3.8) is 0 Å². The smallest absolute Gasteiger partial charge is 0.337 e. The summed E-state index contributed by atoms with van der Waals surface area (Å²) in [6.07, 6.45) is 3.17. The van der Waals surface area contributed by atoms with E-state index in [1.54, 1.807) is 18.5 Å². The van der Waals surface area contributed by atoms with E-state index in [4.69, 9.17) is 10.8 Å². The number of rotatable bonds is 3. The van der Waals surface area contributed by atoms with Crippen molar-refractivity contribution >= 4 is 22.7 Å². The summed E-state index contributed by atoms with van der Waals surface area (Å²) >= 11 is 0. The average Bonchev–Trinajstić information content (AvgIpc) is 2.55. The van der Waals surface area contributed by atoms with Crippen LogP contribution in [0.2, 0.25) is 0 Å². The van der Waals surface area contributed by atoms with Crippen LogP contribution in [0.4, 0.5) is 5.69 Å². The average molecular weight is 233 g/mol. The second-order valence-electron chi connectivity index (χ2n) is 4.53. The molecule has 0 spiro atoms. The lowest BCUT2D eigenvalue weighted by Crippen LogP contribution is -2.03. The van der Waals surface area contributed by atoms with Gasteiger partial charge in [0.1, 0.15) is 5.65 Å². The Morgan fingerprint density at radius 1 is 1.59 bits per heavy atom. The fourth-order valence-electron chi connectivity index (χ4n) is 1.89. The third-order valence-corrected chi connectivity index (χ3v) is 2.53. The van der Waals surface area contributed by atoms with Crippen molar-refractivity contribution in [3.05, 3.63) is 24.0 Å². The van der Waals surface area contributed by atoms with E-state index in [0.29, 0.717) is 22.6 Å². The molecule has 0 saturated carbocycles. The van der Waals surface area contributed by atoms with Crippen molar-refractivity contribution in [2.24, 2.45) is 5.92 Å². The number of aromatic carboxylic acids is 1. The molecular formula is C12H15N3O2. The van der Waals surface area contributed by atoms with Crippen LogP contribution in [0.25, 0.3) is 11.0 Å². The Morgan fingerprint density at radius 2 is 2.29 bits per heavy atom. The first-order chi connectivity index (χ1) is 7.99. The molecule has 0 unspecified atom stereocenters. The molecule has 90 valence electrons. The minimum absolute atomic E-state index is 0.250. The standard InChI is InChI=1S/C12H15N3O2/c1-7(2)5-15-6-10(12(16)17)9-3-8(13)4-14-11(9)15/h3-4,6-7H,5,13H2,1-2H3,(H,16,17). The molecule has 3 N–H and O–H groups in total. The number of fused-ring (bicyclic) bond motifs is 1. The van der Waals surface area contributed by atoms with Crippen LogP contribution in [0.15, 0.2) is 18.5 Å². The summed E-state index contributed by atoms with van der Waals surface area (Å²) in [7, 11) is 0. The minimum atomic E-state index is -0.954. The zero-order valence-corrected chi connectivity index (χ0v) is 9.84. The number of carboxylic acids is 1. The van der Waals surface area contributed by atoms with Gasteiger partial charge in [-0.2, -0.15) is 0 Å². The van der Waals surface area contributed by atoms with Gasteiger partial charge in [0.05, 0.1) is 17.4 Å². The highest BCUT2D eigenvalue weighted by molar-refractivity contribution is 6.03. The molecular weight excluding hydrogens is 218 g/mol. The monoisotopic (exact) mass is 233 g/mol. The summed E-state index contributed by atoms with van der Waals surface area (Å²) in [6, 6.07) is 1.66. The first-order valence-corrected chi connectivity index (χ1v) is 5.46. The SMILES string of the molecule is CC(C)Cn1cc(C(=O)O)c2cc(N)cnc21. The molecule has 2 heterocycles. The maximum absolute atomic E-state index is 11.1. The second-order valence-corrected chi connectivity index (χ2v) is 4.53. The van der Waals surface area contributed by atoms with Crippen LogP contribution >= 0.6 is 0 Å². The molecule has 0 atom stereocenters. The van der Waals surface area contributed by atoms with E-state index >= 15 is 0 Å². The summed E-state index contributed by atoms with van der Waals surface area (Å²) in [6.45, 7) is 4.88. The molecule has 0 bridgehead atoms. The van der Waals surface area contributed by atoms with Gasteiger partial charge in [-0.25, -0.2) is 9.78 Å². The van der Waals surface area contributed by atoms with Crippen molar-refractivity contribution in [1.29, 1.82) is 0 Å². The quantitative estimate of drug-likeness (QED) is 0.849. The van der Waals surface area contributed by atoms with Gasteiger partial charge in [-0.1, -0.05) is 13.8 Å². The number of aromatic nitrogens is 2. The first-order valence-electron chi connectivity index (χ1n) is 5.46. The van der Waals surface area contributed by atoms with E-state index in [2.05, 4.69) is 18.8 Å². The fourth-order valence-corrected chi connectivity index (χ4v) is 1.89. The molecule has 0 aliphatic heterocycles. The molecule has 0 aromatic carbocycles. The molecule has 5 nitrogen and oxygen atoms in total. The van der Waals surface area contributed by atoms with Gasteiger partial charge in [0, 0.05) is 18.1 Å².